The van der Waals surface area contributed by atoms with E-state index < -0.39 is 0 Å². The summed E-state index contributed by atoms with van der Waals surface area (Å²) in [5, 5.41) is 3.23. The molecule has 0 aromatic carbocycles. The van der Waals surface area contributed by atoms with Crippen molar-refractivity contribution in [1.29, 1.82) is 0 Å². The lowest BCUT2D eigenvalue weighted by Gasteiger charge is -2.44. The molecule has 0 aromatic rings. The first-order valence-corrected chi connectivity index (χ1v) is 7.85. The molecule has 1 amide bonds. The summed E-state index contributed by atoms with van der Waals surface area (Å²) in [4.78, 5) is 12.7. The molecule has 0 saturated carbocycles. The minimum absolute atomic E-state index is 0.107. The Morgan fingerprint density at radius 2 is 1.30 bits per heavy atom. The highest BCUT2D eigenvalue weighted by Gasteiger charge is 2.42. The van der Waals surface area contributed by atoms with Gasteiger partial charge in [-0.15, -0.1) is 0 Å². The van der Waals surface area contributed by atoms with Crippen molar-refractivity contribution >= 4 is 5.91 Å². The fourth-order valence-electron chi connectivity index (χ4n) is 2.06. The quantitative estimate of drug-likeness (QED) is 0.753. The van der Waals surface area contributed by atoms with Gasteiger partial charge in [0.2, 0.25) is 5.91 Å². The van der Waals surface area contributed by atoms with Crippen LogP contribution in [0, 0.1) is 22.2 Å². The largest absolute Gasteiger partial charge is 0.351 e. The fourth-order valence-corrected chi connectivity index (χ4v) is 2.06. The Kier molecular flexibility index (Phi) is 5.54. The molecule has 0 aliphatic heterocycles. The van der Waals surface area contributed by atoms with Crippen LogP contribution in [0.15, 0.2) is 0 Å². The minimum Gasteiger partial charge on any atom is -0.351 e. The number of carbonyl (C=O) groups is 1. The van der Waals surface area contributed by atoms with Crippen molar-refractivity contribution in [2.24, 2.45) is 22.2 Å². The van der Waals surface area contributed by atoms with Crippen LogP contribution in [-0.2, 0) is 4.79 Å². The summed E-state index contributed by atoms with van der Waals surface area (Å²) >= 11 is 0. The summed E-state index contributed by atoms with van der Waals surface area (Å²) in [6, 6.07) is 0. The van der Waals surface area contributed by atoms with Gasteiger partial charge in [-0.2, -0.15) is 0 Å². The second-order valence-electron chi connectivity index (χ2n) is 9.53. The van der Waals surface area contributed by atoms with Gasteiger partial charge in [0.25, 0.3) is 0 Å². The number of nitrogens with one attached hydrogen (secondary N) is 1. The average molecular weight is 284 g/mol. The summed E-state index contributed by atoms with van der Waals surface area (Å²) in [7, 11) is 0. The van der Waals surface area contributed by atoms with Gasteiger partial charge in [0.1, 0.15) is 0 Å². The SMILES string of the molecule is CC(C)C(C)(C)NC(=O)C(C)(C)CC(C)(C)C(C)(C)C. The first-order chi connectivity index (χ1) is 8.53. The zero-order valence-corrected chi connectivity index (χ0v) is 15.7. The third-order valence-corrected chi connectivity index (χ3v) is 5.41. The molecule has 0 unspecified atom stereocenters. The molecule has 2 nitrogen and oxygen atoms in total. The van der Waals surface area contributed by atoms with Gasteiger partial charge in [0.05, 0.1) is 0 Å². The molecule has 0 radical (unpaired) electrons. The Bertz CT molecular complexity index is 343. The molecule has 0 saturated heterocycles. The monoisotopic (exact) mass is 283 g/mol. The van der Waals surface area contributed by atoms with Crippen LogP contribution in [0.1, 0.15) is 82.6 Å². The molecule has 20 heavy (non-hydrogen) atoms. The highest BCUT2D eigenvalue weighted by atomic mass is 16.2. The molecular weight excluding hydrogens is 246 g/mol. The van der Waals surface area contributed by atoms with Crippen LogP contribution in [0.5, 0.6) is 0 Å². The third-order valence-electron chi connectivity index (χ3n) is 5.41. The average Bonchev–Trinajstić information content (AvgIpc) is 2.12. The van der Waals surface area contributed by atoms with E-state index in [1.165, 1.54) is 0 Å². The maximum atomic E-state index is 12.7. The van der Waals surface area contributed by atoms with E-state index in [1.54, 1.807) is 0 Å². The second kappa shape index (κ2) is 5.69. The van der Waals surface area contributed by atoms with E-state index in [1.807, 2.05) is 0 Å². The zero-order valence-electron chi connectivity index (χ0n) is 15.7. The van der Waals surface area contributed by atoms with Crippen LogP contribution < -0.4 is 5.32 Å². The maximum Gasteiger partial charge on any atom is 0.226 e. The number of hydrogen-bond acceptors (Lipinski definition) is 1. The van der Waals surface area contributed by atoms with Crippen LogP contribution in [-0.4, -0.2) is 11.4 Å². The normalized spacial score (nSPS) is 14.6. The Balaban J connectivity index is 5.04. The molecule has 0 atom stereocenters. The molecule has 0 heterocycles. The number of rotatable bonds is 5. The summed E-state index contributed by atoms with van der Waals surface area (Å²) in [5.41, 5.74) is -0.239. The minimum atomic E-state index is -0.358. The predicted molar refractivity (Wildman–Crippen MR) is 88.7 cm³/mol. The molecule has 0 fully saturated rings. The lowest BCUT2D eigenvalue weighted by molar-refractivity contribution is -0.134. The Hall–Kier alpha value is -0.530. The number of carbonyl (C=O) groups excluding carboxylic acids is 1. The van der Waals surface area contributed by atoms with E-state index in [0.717, 1.165) is 6.42 Å². The molecule has 0 aliphatic rings. The summed E-state index contributed by atoms with van der Waals surface area (Å²) in [6.07, 6.45) is 0.878. The van der Waals surface area contributed by atoms with Crippen molar-refractivity contribution < 1.29 is 4.79 Å². The van der Waals surface area contributed by atoms with Crippen molar-refractivity contribution in [2.45, 2.75) is 88.1 Å². The number of amides is 1. The van der Waals surface area contributed by atoms with Gasteiger partial charge in [-0.05, 0) is 37.0 Å². The van der Waals surface area contributed by atoms with E-state index in [9.17, 15) is 4.79 Å². The predicted octanol–water partition coefficient (Wildman–Crippen LogP) is 5.03. The van der Waals surface area contributed by atoms with Gasteiger partial charge in [-0.3, -0.25) is 4.79 Å². The van der Waals surface area contributed by atoms with Crippen LogP contribution in [0.4, 0.5) is 0 Å². The van der Waals surface area contributed by atoms with Gasteiger partial charge < -0.3 is 5.32 Å². The second-order valence-corrected chi connectivity index (χ2v) is 9.53. The van der Waals surface area contributed by atoms with E-state index in [-0.39, 0.29) is 27.7 Å². The van der Waals surface area contributed by atoms with Gasteiger partial charge in [0.15, 0.2) is 0 Å². The van der Waals surface area contributed by atoms with Crippen LogP contribution >= 0.6 is 0 Å². The van der Waals surface area contributed by atoms with Crippen molar-refractivity contribution in [3.8, 4) is 0 Å². The molecule has 0 aromatic heterocycles. The van der Waals surface area contributed by atoms with E-state index in [2.05, 4.69) is 81.5 Å². The Morgan fingerprint density at radius 1 is 0.900 bits per heavy atom. The molecule has 1 N–H and O–H groups in total. The first-order valence-electron chi connectivity index (χ1n) is 7.85. The van der Waals surface area contributed by atoms with E-state index in [0.29, 0.717) is 5.92 Å². The maximum absolute atomic E-state index is 12.7. The van der Waals surface area contributed by atoms with Gasteiger partial charge in [0, 0.05) is 11.0 Å². The van der Waals surface area contributed by atoms with Gasteiger partial charge >= 0.3 is 0 Å². The van der Waals surface area contributed by atoms with Crippen LogP contribution in [0.3, 0.4) is 0 Å². The zero-order chi connectivity index (χ0) is 16.6. The number of hydrogen-bond donors (Lipinski definition) is 1. The Labute approximate surface area is 127 Å². The molecule has 0 bridgehead atoms. The molecule has 0 rings (SSSR count). The molecule has 0 spiro atoms. The Morgan fingerprint density at radius 3 is 1.60 bits per heavy atom. The van der Waals surface area contributed by atoms with E-state index in [4.69, 9.17) is 0 Å². The van der Waals surface area contributed by atoms with Gasteiger partial charge in [-0.1, -0.05) is 62.3 Å². The highest BCUT2D eigenvalue weighted by molar-refractivity contribution is 5.82. The molecule has 0 aliphatic carbocycles. The van der Waals surface area contributed by atoms with E-state index >= 15 is 0 Å². The molecule has 2 heteroatoms. The standard InChI is InChI=1S/C18H37NO/c1-13(2)18(10,11)19-14(20)16(6,7)12-17(8,9)15(3,4)5/h13H,12H2,1-11H3,(H,19,20). The van der Waals surface area contributed by atoms with Crippen LogP contribution in [0.2, 0.25) is 0 Å². The summed E-state index contributed by atoms with van der Waals surface area (Å²) in [5.74, 6) is 0.575. The van der Waals surface area contributed by atoms with Crippen molar-refractivity contribution in [3.63, 3.8) is 0 Å². The molecule has 120 valence electrons. The molecular formula is C18H37NO. The highest BCUT2D eigenvalue weighted by Crippen LogP contribution is 2.46. The smallest absolute Gasteiger partial charge is 0.226 e. The van der Waals surface area contributed by atoms with Crippen LogP contribution in [0.25, 0.3) is 0 Å². The fraction of sp³-hybridized carbons (Fsp3) is 0.944. The summed E-state index contributed by atoms with van der Waals surface area (Å²) in [6.45, 7) is 23.9. The third kappa shape index (κ3) is 4.79. The lowest BCUT2D eigenvalue weighted by Crippen LogP contribution is -2.53. The van der Waals surface area contributed by atoms with Crippen molar-refractivity contribution in [1.82, 2.24) is 5.32 Å². The van der Waals surface area contributed by atoms with Gasteiger partial charge in [-0.25, -0.2) is 0 Å². The first kappa shape index (κ1) is 19.5. The topological polar surface area (TPSA) is 29.1 Å². The lowest BCUT2D eigenvalue weighted by atomic mass is 9.62. The van der Waals surface area contributed by atoms with Crippen molar-refractivity contribution in [2.75, 3.05) is 0 Å². The summed E-state index contributed by atoms with van der Waals surface area (Å²) < 4.78 is 0. The van der Waals surface area contributed by atoms with Crippen molar-refractivity contribution in [3.05, 3.63) is 0 Å².